The normalized spacial score (nSPS) is 9.69. The van der Waals surface area contributed by atoms with Crippen molar-refractivity contribution in [2.24, 2.45) is 0 Å². The molecule has 76 valence electrons. The van der Waals surface area contributed by atoms with Crippen LogP contribution in [0.1, 0.15) is 32.6 Å². The van der Waals surface area contributed by atoms with Crippen LogP contribution in [0.2, 0.25) is 0 Å². The summed E-state index contributed by atoms with van der Waals surface area (Å²) < 4.78 is 0.519. The zero-order chi connectivity index (χ0) is 10.1. The predicted octanol–water partition coefficient (Wildman–Crippen LogP) is 1.69. The third-order valence-electron chi connectivity index (χ3n) is 1.65. The zero-order valence-electron chi connectivity index (χ0n) is 7.94. The molecule has 0 aromatic carbocycles. The van der Waals surface area contributed by atoms with Gasteiger partial charge >= 0.3 is 0 Å². The van der Waals surface area contributed by atoms with E-state index in [0.29, 0.717) is 10.8 Å². The molecule has 13 heavy (non-hydrogen) atoms. The summed E-state index contributed by atoms with van der Waals surface area (Å²) in [5.74, 6) is 0.337. The summed E-state index contributed by atoms with van der Waals surface area (Å²) in [6.07, 6.45) is 3.59. The molecule has 4 heteroatoms. The van der Waals surface area contributed by atoms with Gasteiger partial charge in [0.2, 0.25) is 5.91 Å². The van der Waals surface area contributed by atoms with Crippen LogP contribution in [0.3, 0.4) is 0 Å². The molecule has 0 fully saturated rings. The van der Waals surface area contributed by atoms with Crippen molar-refractivity contribution in [2.45, 2.75) is 32.6 Å². The lowest BCUT2D eigenvalue weighted by Crippen LogP contribution is -2.25. The summed E-state index contributed by atoms with van der Waals surface area (Å²) >= 11 is 2.03. The molecule has 0 aliphatic rings. The smallest absolute Gasteiger partial charge is 0.229 e. The van der Waals surface area contributed by atoms with Gasteiger partial charge in [0.1, 0.15) is 5.78 Å². The van der Waals surface area contributed by atoms with Gasteiger partial charge in [-0.2, -0.15) is 0 Å². The Labute approximate surface area is 92.8 Å². The number of carbonyl (C=O) groups excluding carboxylic acids is 2. The van der Waals surface area contributed by atoms with Crippen molar-refractivity contribution in [3.05, 3.63) is 0 Å². The van der Waals surface area contributed by atoms with E-state index in [0.717, 1.165) is 25.8 Å². The number of nitrogens with one attached hydrogen (secondary N) is 1. The molecule has 1 N–H and O–H groups in total. The Morgan fingerprint density at radius 1 is 1.23 bits per heavy atom. The second kappa shape index (κ2) is 8.47. The summed E-state index contributed by atoms with van der Waals surface area (Å²) in [7, 11) is 0. The first-order valence-electron chi connectivity index (χ1n) is 4.49. The molecule has 0 rings (SSSR count). The van der Waals surface area contributed by atoms with Gasteiger partial charge in [-0.15, -0.1) is 0 Å². The second-order valence-electron chi connectivity index (χ2n) is 3.00. The number of ketones is 1. The van der Waals surface area contributed by atoms with Crippen LogP contribution in [0.4, 0.5) is 0 Å². The molecule has 0 aromatic rings. The molecular weight excluding hydrogens is 281 g/mol. The number of halogens is 1. The zero-order valence-corrected chi connectivity index (χ0v) is 10.1. The third-order valence-corrected chi connectivity index (χ3v) is 2.34. The lowest BCUT2D eigenvalue weighted by Gasteiger charge is -2.01. The third kappa shape index (κ3) is 9.79. The summed E-state index contributed by atoms with van der Waals surface area (Å²) in [6, 6.07) is 0. The maximum atomic E-state index is 10.8. The van der Waals surface area contributed by atoms with E-state index in [1.165, 1.54) is 0 Å². The van der Waals surface area contributed by atoms with Crippen molar-refractivity contribution in [1.29, 1.82) is 0 Å². The highest BCUT2D eigenvalue weighted by molar-refractivity contribution is 14.1. The second-order valence-corrected chi connectivity index (χ2v) is 3.76. The van der Waals surface area contributed by atoms with Crippen LogP contribution in [0.15, 0.2) is 0 Å². The minimum atomic E-state index is 0.0900. The maximum Gasteiger partial charge on any atom is 0.229 e. The number of hydrogen-bond donors (Lipinski definition) is 1. The number of Topliss-reactive ketones (excluding diaryl/α,β-unsaturated/α-hetero) is 1. The molecule has 0 aromatic heterocycles. The molecule has 0 bridgehead atoms. The van der Waals surface area contributed by atoms with Crippen LogP contribution in [0.5, 0.6) is 0 Å². The fraction of sp³-hybridized carbons (Fsp3) is 0.778. The highest BCUT2D eigenvalue weighted by Crippen LogP contribution is 1.99. The van der Waals surface area contributed by atoms with Crippen molar-refractivity contribution in [1.82, 2.24) is 5.32 Å². The van der Waals surface area contributed by atoms with Gasteiger partial charge < -0.3 is 10.1 Å². The Morgan fingerprint density at radius 2 is 1.92 bits per heavy atom. The van der Waals surface area contributed by atoms with Gasteiger partial charge in [0.25, 0.3) is 0 Å². The van der Waals surface area contributed by atoms with Crippen LogP contribution in [-0.4, -0.2) is 22.7 Å². The van der Waals surface area contributed by atoms with E-state index in [2.05, 4.69) is 5.32 Å². The molecule has 3 nitrogen and oxygen atoms in total. The standard InChI is InChI=1S/C9H16INO2/c1-8(12)5-3-2-4-6-11-9(13)7-10/h2-7H2,1H3,(H,11,13). The van der Waals surface area contributed by atoms with Gasteiger partial charge in [0.15, 0.2) is 0 Å². The number of hydrogen-bond acceptors (Lipinski definition) is 2. The predicted molar refractivity (Wildman–Crippen MR) is 61.0 cm³/mol. The summed E-state index contributed by atoms with van der Waals surface area (Å²) in [5.41, 5.74) is 0. The number of unbranched alkanes of at least 4 members (excludes halogenated alkanes) is 2. The molecule has 0 radical (unpaired) electrons. The molecule has 0 atom stereocenters. The Morgan fingerprint density at radius 3 is 2.46 bits per heavy atom. The monoisotopic (exact) mass is 297 g/mol. The number of rotatable bonds is 7. The van der Waals surface area contributed by atoms with Crippen molar-refractivity contribution in [3.8, 4) is 0 Å². The number of amides is 1. The first-order valence-corrected chi connectivity index (χ1v) is 6.01. The van der Waals surface area contributed by atoms with Crippen LogP contribution < -0.4 is 5.32 Å². The van der Waals surface area contributed by atoms with Gasteiger partial charge in [0, 0.05) is 13.0 Å². The minimum Gasteiger partial charge on any atom is -0.355 e. The van der Waals surface area contributed by atoms with Crippen molar-refractivity contribution >= 4 is 34.3 Å². The molecule has 0 heterocycles. The largest absolute Gasteiger partial charge is 0.355 e. The Balaban J connectivity index is 3.08. The van der Waals surface area contributed by atoms with E-state index in [1.54, 1.807) is 6.92 Å². The Hall–Kier alpha value is -0.130. The highest BCUT2D eigenvalue weighted by Gasteiger charge is 1.96. The van der Waals surface area contributed by atoms with Crippen LogP contribution in [0, 0.1) is 0 Å². The summed E-state index contributed by atoms with van der Waals surface area (Å²) in [5, 5.41) is 2.79. The first-order chi connectivity index (χ1) is 6.16. The molecule has 1 amide bonds. The van der Waals surface area contributed by atoms with Gasteiger partial charge in [-0.3, -0.25) is 4.79 Å². The van der Waals surface area contributed by atoms with E-state index in [1.807, 2.05) is 22.6 Å². The van der Waals surface area contributed by atoms with E-state index in [4.69, 9.17) is 0 Å². The average molecular weight is 297 g/mol. The van der Waals surface area contributed by atoms with E-state index in [-0.39, 0.29) is 11.7 Å². The lowest BCUT2D eigenvalue weighted by molar-refractivity contribution is -0.118. The highest BCUT2D eigenvalue weighted by atomic mass is 127. The first kappa shape index (κ1) is 12.9. The molecule has 0 spiro atoms. The molecule has 0 aliphatic carbocycles. The van der Waals surface area contributed by atoms with Gasteiger partial charge in [-0.25, -0.2) is 0 Å². The van der Waals surface area contributed by atoms with E-state index < -0.39 is 0 Å². The van der Waals surface area contributed by atoms with E-state index >= 15 is 0 Å². The topological polar surface area (TPSA) is 46.2 Å². The molecule has 0 saturated carbocycles. The summed E-state index contributed by atoms with van der Waals surface area (Å²) in [4.78, 5) is 21.3. The van der Waals surface area contributed by atoms with Gasteiger partial charge in [-0.05, 0) is 19.8 Å². The number of alkyl halides is 1. The molecule has 0 saturated heterocycles. The Bertz CT molecular complexity index is 171. The minimum absolute atomic E-state index is 0.0900. The maximum absolute atomic E-state index is 10.8. The summed E-state index contributed by atoms with van der Waals surface area (Å²) in [6.45, 7) is 2.34. The van der Waals surface area contributed by atoms with Crippen molar-refractivity contribution in [2.75, 3.05) is 11.0 Å². The van der Waals surface area contributed by atoms with Crippen LogP contribution in [0.25, 0.3) is 0 Å². The van der Waals surface area contributed by atoms with Gasteiger partial charge in [0.05, 0.1) is 4.43 Å². The van der Waals surface area contributed by atoms with Crippen LogP contribution in [-0.2, 0) is 9.59 Å². The Kier molecular flexibility index (Phi) is 8.38. The van der Waals surface area contributed by atoms with Crippen molar-refractivity contribution in [3.63, 3.8) is 0 Å². The fourth-order valence-corrected chi connectivity index (χ4v) is 1.22. The SMILES string of the molecule is CC(=O)CCCCCNC(=O)CI. The number of carbonyl (C=O) groups is 2. The van der Waals surface area contributed by atoms with Gasteiger partial charge in [-0.1, -0.05) is 29.0 Å². The molecule has 0 unspecified atom stereocenters. The van der Waals surface area contributed by atoms with Crippen LogP contribution >= 0.6 is 22.6 Å². The fourth-order valence-electron chi connectivity index (χ4n) is 0.951. The molecular formula is C9H16INO2. The average Bonchev–Trinajstić information content (AvgIpc) is 2.10. The van der Waals surface area contributed by atoms with E-state index in [9.17, 15) is 9.59 Å². The quantitative estimate of drug-likeness (QED) is 0.441. The van der Waals surface area contributed by atoms with Crippen molar-refractivity contribution < 1.29 is 9.59 Å². The molecule has 0 aliphatic heterocycles. The lowest BCUT2D eigenvalue weighted by atomic mass is 10.1.